The first-order valence-electron chi connectivity index (χ1n) is 6.41. The van der Waals surface area contributed by atoms with Crippen LogP contribution in [0.4, 0.5) is 19.3 Å². The van der Waals surface area contributed by atoms with E-state index in [9.17, 15) is 18.7 Å². The third-order valence-corrected chi connectivity index (χ3v) is 4.59. The molecule has 1 atom stereocenters. The second-order valence-electron chi connectivity index (χ2n) is 4.64. The lowest BCUT2D eigenvalue weighted by molar-refractivity contribution is 0.176. The van der Waals surface area contributed by atoms with Crippen molar-refractivity contribution in [1.82, 2.24) is 4.90 Å². The van der Waals surface area contributed by atoms with Crippen molar-refractivity contribution in [1.29, 1.82) is 0 Å². The number of thioether (sulfide) groups is 1. The molecule has 0 saturated carbocycles. The average Bonchev–Trinajstić information content (AvgIpc) is 2.84. The number of β-amino-alcohol motifs (C(OH)–C–C–N with tert-alkyl or cyclic N) is 1. The van der Waals surface area contributed by atoms with E-state index in [1.165, 1.54) is 4.90 Å². The van der Waals surface area contributed by atoms with Crippen molar-refractivity contribution in [3.8, 4) is 0 Å². The molecule has 2 amide bonds. The van der Waals surface area contributed by atoms with Gasteiger partial charge in [-0.3, -0.25) is 0 Å². The second-order valence-corrected chi connectivity index (χ2v) is 6.07. The van der Waals surface area contributed by atoms with E-state index in [4.69, 9.17) is 11.6 Å². The molecule has 1 heterocycles. The van der Waals surface area contributed by atoms with Gasteiger partial charge in [0.2, 0.25) is 6.43 Å². The number of alkyl halides is 2. The fraction of sp³-hybridized carbons (Fsp3) is 0.462. The summed E-state index contributed by atoms with van der Waals surface area (Å²) in [6.45, 7) is 0.735. The van der Waals surface area contributed by atoms with Gasteiger partial charge in [0.25, 0.3) is 0 Å². The third kappa shape index (κ3) is 4.46. The molecule has 0 aromatic heterocycles. The lowest BCUT2D eigenvalue weighted by Crippen LogP contribution is -2.33. The lowest BCUT2D eigenvalue weighted by atomic mass is 10.3. The summed E-state index contributed by atoms with van der Waals surface area (Å²) >= 11 is 6.91. The number of hydrogen-bond acceptors (Lipinski definition) is 3. The monoisotopic (exact) mass is 336 g/mol. The molecule has 1 fully saturated rings. The number of nitrogens with zero attached hydrogens (tertiary/aromatic N) is 1. The molecule has 0 radical (unpaired) electrons. The van der Waals surface area contributed by atoms with Gasteiger partial charge in [-0.2, -0.15) is 0 Å². The minimum Gasteiger partial charge on any atom is -0.391 e. The second kappa shape index (κ2) is 7.29. The Morgan fingerprint density at radius 2 is 2.33 bits per heavy atom. The van der Waals surface area contributed by atoms with Crippen LogP contribution in [0.2, 0.25) is 5.02 Å². The first-order valence-corrected chi connectivity index (χ1v) is 7.77. The van der Waals surface area contributed by atoms with Gasteiger partial charge in [0, 0.05) is 18.0 Å². The molecule has 8 heteroatoms. The van der Waals surface area contributed by atoms with Crippen LogP contribution in [0.3, 0.4) is 0 Å². The van der Waals surface area contributed by atoms with Gasteiger partial charge in [-0.1, -0.05) is 17.7 Å². The summed E-state index contributed by atoms with van der Waals surface area (Å²) in [5.74, 6) is -0.394. The van der Waals surface area contributed by atoms with Crippen molar-refractivity contribution < 1.29 is 18.7 Å². The van der Waals surface area contributed by atoms with E-state index in [-0.39, 0.29) is 12.6 Å². The van der Waals surface area contributed by atoms with Crippen molar-refractivity contribution in [3.63, 3.8) is 0 Å². The van der Waals surface area contributed by atoms with E-state index in [0.29, 0.717) is 28.6 Å². The number of likely N-dealkylation sites (tertiary alicyclic amines) is 1. The molecular formula is C13H15ClF2N2O2S. The van der Waals surface area contributed by atoms with Crippen LogP contribution in [0.15, 0.2) is 23.1 Å². The van der Waals surface area contributed by atoms with Crippen LogP contribution in [-0.4, -0.2) is 47.4 Å². The number of hydrogen-bond donors (Lipinski definition) is 2. The Bertz CT molecular complexity index is 519. The minimum atomic E-state index is -2.46. The molecule has 116 valence electrons. The highest BCUT2D eigenvalue weighted by Gasteiger charge is 2.25. The standard InChI is InChI=1S/C13H15ClF2N2O2S/c14-9-2-1-3-10(12(9)21-7-11(15)16)17-13(20)18-5-4-8(19)6-18/h1-3,8,11,19H,4-7H2,(H,17,20)/t8-/m0/s1. The van der Waals surface area contributed by atoms with Crippen molar-refractivity contribution in [2.75, 3.05) is 24.2 Å². The summed E-state index contributed by atoms with van der Waals surface area (Å²) in [6.07, 6.45) is -2.43. The third-order valence-electron chi connectivity index (χ3n) is 3.01. The largest absolute Gasteiger partial charge is 0.391 e. The van der Waals surface area contributed by atoms with E-state index in [2.05, 4.69) is 5.32 Å². The smallest absolute Gasteiger partial charge is 0.321 e. The number of aliphatic hydroxyl groups excluding tert-OH is 1. The number of nitrogens with one attached hydrogen (secondary N) is 1. The maximum atomic E-state index is 12.3. The topological polar surface area (TPSA) is 52.6 Å². The van der Waals surface area contributed by atoms with Crippen LogP contribution in [0, 0.1) is 0 Å². The Labute approximate surface area is 130 Å². The van der Waals surface area contributed by atoms with Gasteiger partial charge in [-0.15, -0.1) is 11.8 Å². The number of halogens is 3. The molecule has 1 aliphatic rings. The molecule has 0 aliphatic carbocycles. The summed E-state index contributed by atoms with van der Waals surface area (Å²) in [7, 11) is 0. The molecule has 0 spiro atoms. The van der Waals surface area contributed by atoms with E-state index in [1.54, 1.807) is 18.2 Å². The number of amides is 2. The van der Waals surface area contributed by atoms with Crippen LogP contribution in [0.5, 0.6) is 0 Å². The van der Waals surface area contributed by atoms with Gasteiger partial charge in [-0.05, 0) is 18.6 Å². The average molecular weight is 337 g/mol. The molecule has 1 aromatic carbocycles. The summed E-state index contributed by atoms with van der Waals surface area (Å²) in [5.41, 5.74) is 0.402. The highest BCUT2D eigenvalue weighted by Crippen LogP contribution is 2.35. The van der Waals surface area contributed by atoms with Crippen LogP contribution in [0.25, 0.3) is 0 Å². The Kier molecular flexibility index (Phi) is 5.66. The van der Waals surface area contributed by atoms with E-state index in [0.717, 1.165) is 11.8 Å². The number of benzene rings is 1. The maximum absolute atomic E-state index is 12.3. The van der Waals surface area contributed by atoms with Crippen LogP contribution in [-0.2, 0) is 0 Å². The number of anilines is 1. The molecule has 0 bridgehead atoms. The van der Waals surface area contributed by atoms with Gasteiger partial charge in [0.1, 0.15) is 0 Å². The SMILES string of the molecule is O=C(Nc1cccc(Cl)c1SCC(F)F)N1CC[C@H](O)C1. The summed E-state index contributed by atoms with van der Waals surface area (Å²) in [6, 6.07) is 4.48. The molecule has 2 rings (SSSR count). The van der Waals surface area contributed by atoms with Crippen molar-refractivity contribution in [2.24, 2.45) is 0 Å². The first kappa shape index (κ1) is 16.3. The Morgan fingerprint density at radius 1 is 1.57 bits per heavy atom. The van der Waals surface area contributed by atoms with Crippen LogP contribution < -0.4 is 5.32 Å². The molecular weight excluding hydrogens is 322 g/mol. The lowest BCUT2D eigenvalue weighted by Gasteiger charge is -2.18. The van der Waals surface area contributed by atoms with Gasteiger partial charge in [-0.25, -0.2) is 13.6 Å². The normalized spacial score (nSPS) is 18.3. The Morgan fingerprint density at radius 3 is 2.95 bits per heavy atom. The molecule has 21 heavy (non-hydrogen) atoms. The maximum Gasteiger partial charge on any atom is 0.321 e. The molecule has 2 N–H and O–H groups in total. The highest BCUT2D eigenvalue weighted by molar-refractivity contribution is 7.99. The van der Waals surface area contributed by atoms with Crippen LogP contribution in [0.1, 0.15) is 6.42 Å². The molecule has 4 nitrogen and oxygen atoms in total. The summed E-state index contributed by atoms with van der Waals surface area (Å²) in [4.78, 5) is 14.0. The number of aliphatic hydroxyl groups is 1. The van der Waals surface area contributed by atoms with E-state index >= 15 is 0 Å². The number of urea groups is 1. The Hall–Kier alpha value is -1.05. The Balaban J connectivity index is 2.08. The van der Waals surface area contributed by atoms with Crippen molar-refractivity contribution >= 4 is 35.1 Å². The molecule has 1 aromatic rings. The minimum absolute atomic E-state index is 0.270. The van der Waals surface area contributed by atoms with Crippen LogP contribution >= 0.6 is 23.4 Å². The zero-order chi connectivity index (χ0) is 15.4. The molecule has 0 unspecified atom stereocenters. The highest BCUT2D eigenvalue weighted by atomic mass is 35.5. The van der Waals surface area contributed by atoms with Gasteiger partial charge >= 0.3 is 6.03 Å². The predicted octanol–water partition coefficient (Wildman–Crippen LogP) is 3.30. The molecule has 1 aliphatic heterocycles. The van der Waals surface area contributed by atoms with Crippen molar-refractivity contribution in [3.05, 3.63) is 23.2 Å². The van der Waals surface area contributed by atoms with Gasteiger partial charge in [0.15, 0.2) is 0 Å². The molecule has 1 saturated heterocycles. The first-order chi connectivity index (χ1) is 9.97. The fourth-order valence-electron chi connectivity index (χ4n) is 2.02. The quantitative estimate of drug-likeness (QED) is 0.829. The van der Waals surface area contributed by atoms with E-state index < -0.39 is 18.3 Å². The number of rotatable bonds is 4. The van der Waals surface area contributed by atoms with Gasteiger partial charge in [0.05, 0.1) is 22.6 Å². The fourth-order valence-corrected chi connectivity index (χ4v) is 3.13. The summed E-state index contributed by atoms with van der Waals surface area (Å²) < 4.78 is 24.7. The number of carbonyl (C=O) groups excluding carboxylic acids is 1. The van der Waals surface area contributed by atoms with Crippen molar-refractivity contribution in [2.45, 2.75) is 23.8 Å². The van der Waals surface area contributed by atoms with E-state index in [1.807, 2.05) is 0 Å². The summed E-state index contributed by atoms with van der Waals surface area (Å²) in [5, 5.41) is 12.4. The zero-order valence-corrected chi connectivity index (χ0v) is 12.6. The predicted molar refractivity (Wildman–Crippen MR) is 79.4 cm³/mol. The van der Waals surface area contributed by atoms with Gasteiger partial charge < -0.3 is 15.3 Å². The number of carbonyl (C=O) groups is 1. The zero-order valence-electron chi connectivity index (χ0n) is 11.1.